The van der Waals surface area contributed by atoms with Crippen LogP contribution < -0.4 is 11.2 Å². The predicted octanol–water partition coefficient (Wildman–Crippen LogP) is -1.28. The second-order valence-corrected chi connectivity index (χ2v) is 3.51. The molecule has 0 amide bonds. The van der Waals surface area contributed by atoms with Gasteiger partial charge in [-0.3, -0.25) is 14.3 Å². The van der Waals surface area contributed by atoms with E-state index in [9.17, 15) is 14.7 Å². The topological polar surface area (TPSA) is 153 Å². The highest BCUT2D eigenvalue weighted by Crippen LogP contribution is 2.08. The van der Waals surface area contributed by atoms with E-state index in [1.807, 2.05) is 4.98 Å². The fraction of sp³-hybridized carbons (Fsp3) is 0.556. The number of aromatic amines is 1. The van der Waals surface area contributed by atoms with Gasteiger partial charge in [-0.15, -0.1) is 0 Å². The lowest BCUT2D eigenvalue weighted by Gasteiger charge is -2.22. The van der Waals surface area contributed by atoms with Crippen molar-refractivity contribution in [2.75, 3.05) is 19.8 Å². The molecule has 10 nitrogen and oxygen atoms in total. The van der Waals surface area contributed by atoms with Crippen LogP contribution in [-0.4, -0.2) is 45.6 Å². The van der Waals surface area contributed by atoms with E-state index < -0.39 is 36.8 Å². The van der Waals surface area contributed by atoms with E-state index in [1.165, 1.54) is 0 Å². The van der Waals surface area contributed by atoms with Gasteiger partial charge in [0.05, 0.1) is 25.9 Å². The fourth-order valence-corrected chi connectivity index (χ4v) is 1.34. The van der Waals surface area contributed by atoms with E-state index in [0.717, 1.165) is 16.8 Å². The minimum Gasteiger partial charge on any atom is -0.394 e. The van der Waals surface area contributed by atoms with E-state index in [2.05, 4.69) is 10.0 Å². The number of aliphatic hydroxyl groups is 2. The van der Waals surface area contributed by atoms with Crippen LogP contribution in [0.5, 0.6) is 0 Å². The smallest absolute Gasteiger partial charge is 0.330 e. The van der Waals surface area contributed by atoms with Gasteiger partial charge >= 0.3 is 5.69 Å². The van der Waals surface area contributed by atoms with Crippen LogP contribution in [0.3, 0.4) is 0 Å². The maximum atomic E-state index is 11.5. The van der Waals surface area contributed by atoms with Crippen LogP contribution in [0.25, 0.3) is 10.4 Å². The number of hydrogen-bond donors (Lipinski definition) is 3. The molecule has 1 aromatic heterocycles. The Morgan fingerprint density at radius 1 is 1.47 bits per heavy atom. The average molecular weight is 271 g/mol. The van der Waals surface area contributed by atoms with Crippen molar-refractivity contribution in [3.63, 3.8) is 0 Å². The number of nitrogens with one attached hydrogen (secondary N) is 1. The van der Waals surface area contributed by atoms with Crippen molar-refractivity contribution >= 4 is 0 Å². The summed E-state index contributed by atoms with van der Waals surface area (Å²) >= 11 is 0. The monoisotopic (exact) mass is 271 g/mol. The molecular formula is C9H13N5O5. The summed E-state index contributed by atoms with van der Waals surface area (Å²) in [5.41, 5.74) is 6.84. The number of H-pyrrole nitrogens is 1. The standard InChI is InChI=1S/C9H13N5O5/c10-13-11-3-6(4-15)19-8(5-16)14-2-1-7(17)12-9(14)18/h1-2,6,8,15-16H,3-5H2,(H,12,17,18). The van der Waals surface area contributed by atoms with Gasteiger partial charge in [-0.2, -0.15) is 0 Å². The first-order valence-electron chi connectivity index (χ1n) is 5.32. The van der Waals surface area contributed by atoms with Gasteiger partial charge in [-0.25, -0.2) is 4.79 Å². The second-order valence-electron chi connectivity index (χ2n) is 3.51. The van der Waals surface area contributed by atoms with Crippen molar-refractivity contribution < 1.29 is 14.9 Å². The Hall–Kier alpha value is -2.13. The van der Waals surface area contributed by atoms with Crippen LogP contribution in [-0.2, 0) is 4.74 Å². The molecule has 2 unspecified atom stereocenters. The van der Waals surface area contributed by atoms with Gasteiger partial charge < -0.3 is 14.9 Å². The Morgan fingerprint density at radius 2 is 2.21 bits per heavy atom. The Kier molecular flexibility index (Phi) is 5.76. The third-order valence-electron chi connectivity index (χ3n) is 2.22. The van der Waals surface area contributed by atoms with Crippen LogP contribution >= 0.6 is 0 Å². The fourth-order valence-electron chi connectivity index (χ4n) is 1.34. The normalized spacial score (nSPS) is 13.6. The quantitative estimate of drug-likeness (QED) is 0.320. The summed E-state index contributed by atoms with van der Waals surface area (Å²) in [6, 6.07) is 1.09. The molecule has 0 bridgehead atoms. The lowest BCUT2D eigenvalue weighted by molar-refractivity contribution is -0.0941. The summed E-state index contributed by atoms with van der Waals surface area (Å²) in [7, 11) is 0. The highest BCUT2D eigenvalue weighted by molar-refractivity contribution is 4.84. The molecule has 1 aromatic rings. The zero-order chi connectivity index (χ0) is 14.3. The van der Waals surface area contributed by atoms with Crippen molar-refractivity contribution in [2.24, 2.45) is 5.11 Å². The van der Waals surface area contributed by atoms with Crippen LogP contribution in [0.2, 0.25) is 0 Å². The Balaban J connectivity index is 2.90. The molecule has 0 saturated heterocycles. The van der Waals surface area contributed by atoms with Crippen molar-refractivity contribution in [3.8, 4) is 0 Å². The van der Waals surface area contributed by atoms with Crippen LogP contribution in [0.15, 0.2) is 27.0 Å². The van der Waals surface area contributed by atoms with Gasteiger partial charge in [0.2, 0.25) is 0 Å². The molecule has 1 rings (SSSR count). The number of nitrogens with zero attached hydrogens (tertiary/aromatic N) is 4. The van der Waals surface area contributed by atoms with Gasteiger partial charge in [-0.1, -0.05) is 5.11 Å². The number of azide groups is 1. The van der Waals surface area contributed by atoms with Crippen LogP contribution in [0.4, 0.5) is 0 Å². The van der Waals surface area contributed by atoms with Crippen molar-refractivity contribution in [3.05, 3.63) is 43.5 Å². The highest BCUT2D eigenvalue weighted by Gasteiger charge is 2.17. The Labute approximate surface area is 106 Å². The number of aromatic nitrogens is 2. The maximum Gasteiger partial charge on any atom is 0.330 e. The summed E-state index contributed by atoms with van der Waals surface area (Å²) in [5, 5.41) is 21.4. The van der Waals surface area contributed by atoms with Crippen LogP contribution in [0.1, 0.15) is 6.23 Å². The molecule has 0 fully saturated rings. The molecule has 10 heteroatoms. The second kappa shape index (κ2) is 7.34. The molecule has 3 N–H and O–H groups in total. The van der Waals surface area contributed by atoms with Crippen molar-refractivity contribution in [2.45, 2.75) is 12.3 Å². The summed E-state index contributed by atoms with van der Waals surface area (Å²) in [4.78, 5) is 26.9. The first-order valence-corrected chi connectivity index (χ1v) is 5.32. The molecule has 0 radical (unpaired) electrons. The van der Waals surface area contributed by atoms with Gasteiger partial charge in [0, 0.05) is 17.2 Å². The largest absolute Gasteiger partial charge is 0.394 e. The molecule has 2 atom stereocenters. The highest BCUT2D eigenvalue weighted by atomic mass is 16.5. The van der Waals surface area contributed by atoms with Gasteiger partial charge in [0.25, 0.3) is 5.56 Å². The Bertz CT molecular complexity index is 561. The molecule has 0 aliphatic carbocycles. The molecule has 1 heterocycles. The summed E-state index contributed by atoms with van der Waals surface area (Å²) in [6.07, 6.45) is -0.813. The molecule has 104 valence electrons. The predicted molar refractivity (Wildman–Crippen MR) is 63.4 cm³/mol. The SMILES string of the molecule is [N-]=[N+]=NCC(CO)OC(CO)n1ccc(=O)[nH]c1=O. The van der Waals surface area contributed by atoms with Crippen molar-refractivity contribution in [1.29, 1.82) is 0 Å². The van der Waals surface area contributed by atoms with Crippen molar-refractivity contribution in [1.82, 2.24) is 9.55 Å². The molecule has 0 aliphatic heterocycles. The molecule has 0 saturated carbocycles. The molecule has 0 spiro atoms. The maximum absolute atomic E-state index is 11.5. The number of aliphatic hydroxyl groups excluding tert-OH is 2. The number of rotatable bonds is 7. The molecule has 0 aliphatic rings. The van der Waals surface area contributed by atoms with E-state index in [0.29, 0.717) is 0 Å². The summed E-state index contributed by atoms with van der Waals surface area (Å²) < 4.78 is 6.19. The zero-order valence-electron chi connectivity index (χ0n) is 9.84. The van der Waals surface area contributed by atoms with Gasteiger partial charge in [0.1, 0.15) is 0 Å². The third-order valence-corrected chi connectivity index (χ3v) is 2.22. The number of ether oxygens (including phenoxy) is 1. The third kappa shape index (κ3) is 4.23. The minimum atomic E-state index is -1.10. The van der Waals surface area contributed by atoms with E-state index in [1.54, 1.807) is 0 Å². The first-order chi connectivity index (χ1) is 9.12. The van der Waals surface area contributed by atoms with Gasteiger partial charge in [0.15, 0.2) is 6.23 Å². The van der Waals surface area contributed by atoms with E-state index >= 15 is 0 Å². The molecular weight excluding hydrogens is 258 g/mol. The average Bonchev–Trinajstić information content (AvgIpc) is 2.40. The van der Waals surface area contributed by atoms with E-state index in [-0.39, 0.29) is 6.54 Å². The number of hydrogen-bond acceptors (Lipinski definition) is 6. The minimum absolute atomic E-state index is 0.151. The lowest BCUT2D eigenvalue weighted by atomic mass is 10.4. The Morgan fingerprint density at radius 3 is 2.74 bits per heavy atom. The van der Waals surface area contributed by atoms with E-state index in [4.69, 9.17) is 15.4 Å². The lowest BCUT2D eigenvalue weighted by Crippen LogP contribution is -2.37. The zero-order valence-corrected chi connectivity index (χ0v) is 9.84. The summed E-state index contributed by atoms with van der Waals surface area (Å²) in [5.74, 6) is 0. The first kappa shape index (κ1) is 14.9. The molecule has 19 heavy (non-hydrogen) atoms. The van der Waals surface area contributed by atoms with Crippen LogP contribution in [0, 0.1) is 0 Å². The molecule has 0 aromatic carbocycles. The van der Waals surface area contributed by atoms with Gasteiger partial charge in [-0.05, 0) is 5.53 Å². The summed E-state index contributed by atoms with van der Waals surface area (Å²) in [6.45, 7) is -1.16.